The molecule has 5 heteroatoms. The van der Waals surface area contributed by atoms with Crippen molar-refractivity contribution in [2.75, 3.05) is 5.32 Å². The van der Waals surface area contributed by atoms with Crippen molar-refractivity contribution in [2.45, 2.75) is 20.4 Å². The average molecular weight is 323 g/mol. The number of hydrogen-bond donors (Lipinski definition) is 1. The topological polar surface area (TPSA) is 46.9 Å². The maximum atomic E-state index is 13.6. The Labute approximate surface area is 139 Å². The number of aryl methyl sites for hydroxylation is 2. The highest BCUT2D eigenvalue weighted by molar-refractivity contribution is 6.04. The lowest BCUT2D eigenvalue weighted by molar-refractivity contribution is 0.102. The van der Waals surface area contributed by atoms with Gasteiger partial charge in [0.1, 0.15) is 5.82 Å². The van der Waals surface area contributed by atoms with E-state index in [0.717, 1.165) is 23.5 Å². The number of hydrogen-bond acceptors (Lipinski definition) is 2. The fraction of sp³-hybridized carbons (Fsp3) is 0.158. The van der Waals surface area contributed by atoms with Crippen LogP contribution in [0.5, 0.6) is 0 Å². The SMILES string of the molecule is CCn1nc(C)cc1-c1ccc(NC(=O)c2ccccc2F)cc1. The van der Waals surface area contributed by atoms with Crippen LogP contribution in [0.4, 0.5) is 10.1 Å². The van der Waals surface area contributed by atoms with E-state index in [1.54, 1.807) is 24.3 Å². The number of benzene rings is 2. The molecule has 0 fully saturated rings. The van der Waals surface area contributed by atoms with Crippen molar-refractivity contribution in [3.05, 3.63) is 71.7 Å². The Morgan fingerprint density at radius 3 is 2.54 bits per heavy atom. The lowest BCUT2D eigenvalue weighted by Crippen LogP contribution is -2.13. The van der Waals surface area contributed by atoms with E-state index in [4.69, 9.17) is 0 Å². The summed E-state index contributed by atoms with van der Waals surface area (Å²) in [5, 5.41) is 7.14. The highest BCUT2D eigenvalue weighted by atomic mass is 19.1. The first-order valence-corrected chi connectivity index (χ1v) is 7.79. The molecule has 0 saturated carbocycles. The molecule has 1 N–H and O–H groups in total. The standard InChI is InChI=1S/C19H18FN3O/c1-3-23-18(12-13(2)22-23)14-8-10-15(11-9-14)21-19(24)16-6-4-5-7-17(16)20/h4-12H,3H2,1-2H3,(H,21,24). The van der Waals surface area contributed by atoms with E-state index in [9.17, 15) is 9.18 Å². The number of rotatable bonds is 4. The molecule has 0 radical (unpaired) electrons. The molecule has 3 aromatic rings. The summed E-state index contributed by atoms with van der Waals surface area (Å²) in [7, 11) is 0. The molecule has 0 spiro atoms. The zero-order chi connectivity index (χ0) is 17.1. The van der Waals surface area contributed by atoms with Crippen molar-refractivity contribution in [2.24, 2.45) is 0 Å². The minimum absolute atomic E-state index is 0.0289. The van der Waals surface area contributed by atoms with Crippen molar-refractivity contribution < 1.29 is 9.18 Å². The third-order valence-electron chi connectivity index (χ3n) is 3.76. The molecule has 0 saturated heterocycles. The molecular formula is C19H18FN3O. The van der Waals surface area contributed by atoms with E-state index >= 15 is 0 Å². The monoisotopic (exact) mass is 323 g/mol. The maximum Gasteiger partial charge on any atom is 0.258 e. The van der Waals surface area contributed by atoms with E-state index < -0.39 is 11.7 Å². The van der Waals surface area contributed by atoms with Gasteiger partial charge in [-0.25, -0.2) is 4.39 Å². The first-order chi connectivity index (χ1) is 11.6. The van der Waals surface area contributed by atoms with E-state index in [1.807, 2.05) is 36.7 Å². The predicted molar refractivity (Wildman–Crippen MR) is 92.4 cm³/mol. The van der Waals surface area contributed by atoms with Crippen molar-refractivity contribution in [3.8, 4) is 11.3 Å². The second-order valence-electron chi connectivity index (χ2n) is 5.50. The highest BCUT2D eigenvalue weighted by Gasteiger charge is 2.11. The van der Waals surface area contributed by atoms with Crippen LogP contribution < -0.4 is 5.32 Å². The molecule has 3 rings (SSSR count). The van der Waals surface area contributed by atoms with Crippen LogP contribution in [0, 0.1) is 12.7 Å². The summed E-state index contributed by atoms with van der Waals surface area (Å²) >= 11 is 0. The van der Waals surface area contributed by atoms with E-state index in [0.29, 0.717) is 5.69 Å². The van der Waals surface area contributed by atoms with Gasteiger partial charge in [-0.2, -0.15) is 5.10 Å². The summed E-state index contributed by atoms with van der Waals surface area (Å²) in [6.07, 6.45) is 0. The molecule has 1 heterocycles. The van der Waals surface area contributed by atoms with Gasteiger partial charge < -0.3 is 5.32 Å². The van der Waals surface area contributed by atoms with Gasteiger partial charge >= 0.3 is 0 Å². The molecule has 0 atom stereocenters. The molecule has 122 valence electrons. The van der Waals surface area contributed by atoms with Crippen LogP contribution in [0.3, 0.4) is 0 Å². The molecule has 1 amide bonds. The van der Waals surface area contributed by atoms with Crippen molar-refractivity contribution >= 4 is 11.6 Å². The summed E-state index contributed by atoms with van der Waals surface area (Å²) in [6, 6.07) is 15.4. The van der Waals surface area contributed by atoms with Crippen LogP contribution in [0.1, 0.15) is 23.0 Å². The van der Waals surface area contributed by atoms with E-state index in [1.165, 1.54) is 12.1 Å². The first kappa shape index (κ1) is 15.9. The second-order valence-corrected chi connectivity index (χ2v) is 5.50. The lowest BCUT2D eigenvalue weighted by atomic mass is 10.1. The molecule has 0 aliphatic rings. The van der Waals surface area contributed by atoms with Crippen LogP contribution in [0.15, 0.2) is 54.6 Å². The van der Waals surface area contributed by atoms with Gasteiger partial charge in [0.25, 0.3) is 5.91 Å². The van der Waals surface area contributed by atoms with E-state index in [2.05, 4.69) is 10.4 Å². The molecule has 4 nitrogen and oxygen atoms in total. The number of amides is 1. The van der Waals surface area contributed by atoms with Crippen molar-refractivity contribution in [1.82, 2.24) is 9.78 Å². The molecule has 2 aromatic carbocycles. The summed E-state index contributed by atoms with van der Waals surface area (Å²) < 4.78 is 15.6. The van der Waals surface area contributed by atoms with Gasteiger partial charge in [0, 0.05) is 12.2 Å². The second kappa shape index (κ2) is 6.66. The Morgan fingerprint density at radius 2 is 1.88 bits per heavy atom. The van der Waals surface area contributed by atoms with Crippen LogP contribution in [-0.4, -0.2) is 15.7 Å². The van der Waals surface area contributed by atoms with Crippen molar-refractivity contribution in [3.63, 3.8) is 0 Å². The van der Waals surface area contributed by atoms with Gasteiger partial charge in [0.05, 0.1) is 17.0 Å². The van der Waals surface area contributed by atoms with Gasteiger partial charge in [-0.3, -0.25) is 9.48 Å². The van der Waals surface area contributed by atoms with Gasteiger partial charge in [-0.05, 0) is 49.7 Å². The summed E-state index contributed by atoms with van der Waals surface area (Å²) in [5.74, 6) is -0.996. The van der Waals surface area contributed by atoms with E-state index in [-0.39, 0.29) is 5.56 Å². The Balaban J connectivity index is 1.80. The fourth-order valence-corrected chi connectivity index (χ4v) is 2.59. The smallest absolute Gasteiger partial charge is 0.258 e. The molecule has 0 unspecified atom stereocenters. The molecule has 0 aliphatic carbocycles. The number of nitrogens with zero attached hydrogens (tertiary/aromatic N) is 2. The third kappa shape index (κ3) is 3.20. The van der Waals surface area contributed by atoms with Crippen LogP contribution >= 0.6 is 0 Å². The van der Waals surface area contributed by atoms with Crippen molar-refractivity contribution in [1.29, 1.82) is 0 Å². The van der Waals surface area contributed by atoms with Gasteiger partial charge in [-0.15, -0.1) is 0 Å². The Kier molecular flexibility index (Phi) is 4.42. The first-order valence-electron chi connectivity index (χ1n) is 7.79. The summed E-state index contributed by atoms with van der Waals surface area (Å²) in [4.78, 5) is 12.1. The third-order valence-corrected chi connectivity index (χ3v) is 3.76. The summed E-state index contributed by atoms with van der Waals surface area (Å²) in [6.45, 7) is 4.78. The molecular weight excluding hydrogens is 305 g/mol. The zero-order valence-corrected chi connectivity index (χ0v) is 13.6. The number of carbonyl (C=O) groups is 1. The van der Waals surface area contributed by atoms with Crippen LogP contribution in [0.25, 0.3) is 11.3 Å². The number of nitrogens with one attached hydrogen (secondary N) is 1. The number of aromatic nitrogens is 2. The largest absolute Gasteiger partial charge is 0.322 e. The predicted octanol–water partition coefficient (Wildman–Crippen LogP) is 4.27. The van der Waals surface area contributed by atoms with Gasteiger partial charge in [0.2, 0.25) is 0 Å². The van der Waals surface area contributed by atoms with Gasteiger partial charge in [0.15, 0.2) is 0 Å². The fourth-order valence-electron chi connectivity index (χ4n) is 2.59. The number of halogens is 1. The normalized spacial score (nSPS) is 10.6. The Hall–Kier alpha value is -2.95. The molecule has 0 bridgehead atoms. The molecule has 0 aliphatic heterocycles. The average Bonchev–Trinajstić information content (AvgIpc) is 2.97. The van der Waals surface area contributed by atoms with Crippen LogP contribution in [0.2, 0.25) is 0 Å². The minimum atomic E-state index is -0.533. The summed E-state index contributed by atoms with van der Waals surface area (Å²) in [5.41, 5.74) is 3.65. The quantitative estimate of drug-likeness (QED) is 0.779. The van der Waals surface area contributed by atoms with Gasteiger partial charge in [-0.1, -0.05) is 24.3 Å². The number of anilines is 1. The lowest BCUT2D eigenvalue weighted by Gasteiger charge is -2.08. The molecule has 24 heavy (non-hydrogen) atoms. The zero-order valence-electron chi connectivity index (χ0n) is 13.6. The minimum Gasteiger partial charge on any atom is -0.322 e. The number of carbonyl (C=O) groups excluding carboxylic acids is 1. The van der Waals surface area contributed by atoms with Crippen LogP contribution in [-0.2, 0) is 6.54 Å². The Morgan fingerprint density at radius 1 is 1.17 bits per heavy atom. The Bertz CT molecular complexity index is 869. The highest BCUT2D eigenvalue weighted by Crippen LogP contribution is 2.23. The maximum absolute atomic E-state index is 13.6. The molecule has 1 aromatic heterocycles.